The number of hydrogen-bond donors (Lipinski definition) is 3. The molecule has 0 aromatic rings. The zero-order chi connectivity index (χ0) is 28.0. The Bertz CT molecular complexity index is 1010. The van der Waals surface area contributed by atoms with Crippen LogP contribution in [0.5, 0.6) is 0 Å². The van der Waals surface area contributed by atoms with Gasteiger partial charge >= 0.3 is 5.97 Å². The van der Waals surface area contributed by atoms with E-state index in [0.29, 0.717) is 23.7 Å². The van der Waals surface area contributed by atoms with Gasteiger partial charge in [-0.25, -0.2) is 0 Å². The van der Waals surface area contributed by atoms with Gasteiger partial charge < -0.3 is 24.8 Å². The molecule has 5 aliphatic carbocycles. The molecule has 6 rings (SSSR count). The van der Waals surface area contributed by atoms with E-state index in [1.807, 2.05) is 0 Å². The molecule has 6 heteroatoms. The molecular formula is C33H52O6. The molecule has 0 aromatic carbocycles. The monoisotopic (exact) mass is 544 g/mol. The van der Waals surface area contributed by atoms with E-state index in [4.69, 9.17) is 9.47 Å². The second-order valence-corrected chi connectivity index (χ2v) is 15.8. The Labute approximate surface area is 234 Å². The van der Waals surface area contributed by atoms with Gasteiger partial charge in [0.2, 0.25) is 6.29 Å². The number of hydrogen-bond acceptors (Lipinski definition) is 6. The SMILES string of the molecule is CC1C(O)CCC2(C)C1CCC1(C)C3CCC4(C(=O)OC5CC(O)C(O)CO5)CCC(C)(C)CC4C3=CCC12. The molecule has 220 valence electrons. The van der Waals surface area contributed by atoms with Crippen molar-refractivity contribution < 1.29 is 29.6 Å². The lowest BCUT2D eigenvalue weighted by Gasteiger charge is -2.66. The van der Waals surface area contributed by atoms with E-state index in [0.717, 1.165) is 51.4 Å². The zero-order valence-corrected chi connectivity index (χ0v) is 24.8. The second-order valence-electron chi connectivity index (χ2n) is 15.8. The lowest BCUT2D eigenvalue weighted by Crippen LogP contribution is -2.60. The molecule has 6 aliphatic rings. The number of ether oxygens (including phenoxy) is 2. The van der Waals surface area contributed by atoms with Crippen molar-refractivity contribution in [1.29, 1.82) is 0 Å². The van der Waals surface area contributed by atoms with Crippen molar-refractivity contribution in [3.63, 3.8) is 0 Å². The summed E-state index contributed by atoms with van der Waals surface area (Å²) in [5.41, 5.74) is 1.65. The molecule has 6 nitrogen and oxygen atoms in total. The molecule has 12 unspecified atom stereocenters. The number of carbonyl (C=O) groups is 1. The number of rotatable bonds is 2. The molecule has 0 amide bonds. The van der Waals surface area contributed by atoms with Gasteiger partial charge in [0, 0.05) is 6.42 Å². The van der Waals surface area contributed by atoms with E-state index >= 15 is 0 Å². The van der Waals surface area contributed by atoms with Gasteiger partial charge in [-0.3, -0.25) is 4.79 Å². The molecule has 5 fully saturated rings. The predicted octanol–water partition coefficient (Wildman–Crippen LogP) is 5.38. The molecule has 0 aromatic heterocycles. The van der Waals surface area contributed by atoms with E-state index in [1.54, 1.807) is 0 Å². The van der Waals surface area contributed by atoms with Crippen molar-refractivity contribution in [2.45, 2.75) is 130 Å². The van der Waals surface area contributed by atoms with E-state index in [-0.39, 0.29) is 47.3 Å². The van der Waals surface area contributed by atoms with Gasteiger partial charge in [0.15, 0.2) is 0 Å². The molecule has 12 atom stereocenters. The van der Waals surface area contributed by atoms with Crippen LogP contribution in [0, 0.1) is 51.2 Å². The van der Waals surface area contributed by atoms with Crippen LogP contribution < -0.4 is 0 Å². The highest BCUT2D eigenvalue weighted by Crippen LogP contribution is 2.70. The van der Waals surface area contributed by atoms with Gasteiger partial charge in [-0.2, -0.15) is 0 Å². The van der Waals surface area contributed by atoms with Gasteiger partial charge in [0.1, 0.15) is 6.10 Å². The van der Waals surface area contributed by atoms with Crippen LogP contribution in [0.15, 0.2) is 11.6 Å². The first-order valence-electron chi connectivity index (χ1n) is 15.9. The Morgan fingerprint density at radius 3 is 2.38 bits per heavy atom. The maximum Gasteiger partial charge on any atom is 0.314 e. The van der Waals surface area contributed by atoms with Gasteiger partial charge in [0.25, 0.3) is 0 Å². The Kier molecular flexibility index (Phi) is 6.89. The average molecular weight is 545 g/mol. The molecular weight excluding hydrogens is 492 g/mol. The lowest BCUT2D eigenvalue weighted by atomic mass is 9.38. The number of aliphatic hydroxyl groups excluding tert-OH is 3. The third-order valence-corrected chi connectivity index (χ3v) is 13.4. The fraction of sp³-hybridized carbons (Fsp3) is 0.909. The lowest BCUT2D eigenvalue weighted by molar-refractivity contribution is -0.230. The topological polar surface area (TPSA) is 96.2 Å². The normalized spacial score (nSPS) is 52.8. The molecule has 4 saturated carbocycles. The number of esters is 1. The Morgan fingerprint density at radius 1 is 0.897 bits per heavy atom. The molecule has 0 bridgehead atoms. The highest BCUT2D eigenvalue weighted by molar-refractivity contribution is 5.78. The molecule has 1 aliphatic heterocycles. The number of aliphatic hydroxyl groups is 3. The van der Waals surface area contributed by atoms with Gasteiger partial charge in [0.05, 0.1) is 24.2 Å². The number of allylic oxidation sites excluding steroid dienone is 2. The van der Waals surface area contributed by atoms with Crippen molar-refractivity contribution in [2.75, 3.05) is 6.61 Å². The summed E-state index contributed by atoms with van der Waals surface area (Å²) in [6, 6.07) is 0. The first kappa shape index (κ1) is 28.2. The van der Waals surface area contributed by atoms with E-state index in [2.05, 4.69) is 40.7 Å². The van der Waals surface area contributed by atoms with Gasteiger partial charge in [-0.15, -0.1) is 0 Å². The molecule has 39 heavy (non-hydrogen) atoms. The fourth-order valence-corrected chi connectivity index (χ4v) is 10.9. The van der Waals surface area contributed by atoms with Crippen LogP contribution in [0.2, 0.25) is 0 Å². The summed E-state index contributed by atoms with van der Waals surface area (Å²) in [6.07, 6.45) is 10.1. The summed E-state index contributed by atoms with van der Waals surface area (Å²) >= 11 is 0. The Hall–Kier alpha value is -0.950. The molecule has 0 radical (unpaired) electrons. The van der Waals surface area contributed by atoms with Crippen molar-refractivity contribution in [1.82, 2.24) is 0 Å². The number of carbonyl (C=O) groups excluding carboxylic acids is 1. The average Bonchev–Trinajstić information content (AvgIpc) is 2.88. The Morgan fingerprint density at radius 2 is 1.64 bits per heavy atom. The van der Waals surface area contributed by atoms with Gasteiger partial charge in [-0.05, 0) is 110 Å². The fourth-order valence-electron chi connectivity index (χ4n) is 10.9. The van der Waals surface area contributed by atoms with Crippen LogP contribution in [0.4, 0.5) is 0 Å². The van der Waals surface area contributed by atoms with Crippen LogP contribution in [0.25, 0.3) is 0 Å². The van der Waals surface area contributed by atoms with Crippen LogP contribution >= 0.6 is 0 Å². The zero-order valence-electron chi connectivity index (χ0n) is 24.8. The van der Waals surface area contributed by atoms with Crippen molar-refractivity contribution in [3.8, 4) is 0 Å². The number of fused-ring (bicyclic) bond motifs is 7. The van der Waals surface area contributed by atoms with E-state index in [9.17, 15) is 20.1 Å². The summed E-state index contributed by atoms with van der Waals surface area (Å²) in [6.45, 7) is 12.1. The highest BCUT2D eigenvalue weighted by Gasteiger charge is 2.64. The smallest absolute Gasteiger partial charge is 0.314 e. The maximum absolute atomic E-state index is 14.1. The van der Waals surface area contributed by atoms with Gasteiger partial charge in [-0.1, -0.05) is 46.3 Å². The van der Waals surface area contributed by atoms with Crippen molar-refractivity contribution in [2.24, 2.45) is 51.2 Å². The summed E-state index contributed by atoms with van der Waals surface area (Å²) in [7, 11) is 0. The third-order valence-electron chi connectivity index (χ3n) is 13.4. The van der Waals surface area contributed by atoms with E-state index < -0.39 is 23.9 Å². The summed E-state index contributed by atoms with van der Waals surface area (Å²) < 4.78 is 11.6. The molecule has 1 saturated heterocycles. The van der Waals surface area contributed by atoms with Crippen LogP contribution in [-0.2, 0) is 14.3 Å². The van der Waals surface area contributed by atoms with Crippen molar-refractivity contribution >= 4 is 5.97 Å². The van der Waals surface area contributed by atoms with Crippen molar-refractivity contribution in [3.05, 3.63) is 11.6 Å². The summed E-state index contributed by atoms with van der Waals surface area (Å²) in [5, 5.41) is 30.7. The highest BCUT2D eigenvalue weighted by atomic mass is 16.7. The summed E-state index contributed by atoms with van der Waals surface area (Å²) in [5.74, 6) is 2.10. The third kappa shape index (κ3) is 4.29. The van der Waals surface area contributed by atoms with E-state index in [1.165, 1.54) is 18.4 Å². The minimum Gasteiger partial charge on any atom is -0.435 e. The predicted molar refractivity (Wildman–Crippen MR) is 148 cm³/mol. The van der Waals surface area contributed by atoms with Crippen LogP contribution in [0.3, 0.4) is 0 Å². The summed E-state index contributed by atoms with van der Waals surface area (Å²) in [4.78, 5) is 14.1. The Balaban J connectivity index is 1.31. The molecule has 1 heterocycles. The quantitative estimate of drug-likeness (QED) is 0.319. The largest absolute Gasteiger partial charge is 0.435 e. The van der Waals surface area contributed by atoms with Crippen LogP contribution in [0.1, 0.15) is 105 Å². The first-order valence-corrected chi connectivity index (χ1v) is 15.9. The standard InChI is InChI=1S/C33H52O6/c1-19-21-8-11-32(5)22-9-13-33(29(37)39-28-16-25(35)26(36)18-38-28)15-14-30(2,3)17-23(33)20(22)6-7-27(32)31(21,4)12-10-24(19)34/h6,19,21-28,34-36H,7-18H2,1-5H3. The minimum atomic E-state index is -0.927. The molecule has 0 spiro atoms. The second kappa shape index (κ2) is 9.54. The minimum absolute atomic E-state index is 0.00898. The maximum atomic E-state index is 14.1. The first-order chi connectivity index (χ1) is 18.3. The molecule has 3 N–H and O–H groups in total. The van der Waals surface area contributed by atoms with Crippen LogP contribution in [-0.4, -0.2) is 52.5 Å².